The molecule has 0 N–H and O–H groups in total. The topological polar surface area (TPSA) is 58.8 Å². The number of rotatable bonds is 10. The minimum Gasteiger partial charge on any atom is -0.497 e. The van der Waals surface area contributed by atoms with Crippen LogP contribution in [-0.2, 0) is 13.1 Å². The Kier molecular flexibility index (Phi) is 7.83. The first-order valence-corrected chi connectivity index (χ1v) is 11.9. The summed E-state index contributed by atoms with van der Waals surface area (Å²) < 4.78 is 11.2. The molecule has 1 aromatic heterocycles. The molecule has 0 unspecified atom stereocenters. The van der Waals surface area contributed by atoms with E-state index >= 15 is 0 Å². The lowest BCUT2D eigenvalue weighted by atomic mass is 10.1. The largest absolute Gasteiger partial charge is 0.497 e. The highest BCUT2D eigenvalue weighted by Gasteiger charge is 2.26. The Bertz CT molecular complexity index is 1230. The average Bonchev–Trinajstić information content (AvgIpc) is 3.33. The smallest absolute Gasteiger partial charge is 0.254 e. The zero-order valence-electron chi connectivity index (χ0n) is 20.5. The Morgan fingerprint density at radius 2 is 1.57 bits per heavy atom. The van der Waals surface area contributed by atoms with Gasteiger partial charge in [-0.1, -0.05) is 71.9 Å². The standard InChI is InChI=1S/C29H31N3O3/c1-4-31(5-2)29-26(27(30-35-29)23-15-10-7-11-16-23)21-32(20-22-13-8-6-9-14-22)28(33)24-17-12-18-25(19-24)34-3/h6-19H,4-5,20-21H2,1-3H3. The van der Waals surface area contributed by atoms with E-state index in [9.17, 15) is 4.79 Å². The summed E-state index contributed by atoms with van der Waals surface area (Å²) in [6, 6.07) is 27.2. The van der Waals surface area contributed by atoms with E-state index in [2.05, 4.69) is 23.9 Å². The van der Waals surface area contributed by atoms with Gasteiger partial charge in [-0.15, -0.1) is 0 Å². The lowest BCUT2D eigenvalue weighted by Crippen LogP contribution is -2.31. The van der Waals surface area contributed by atoms with Gasteiger partial charge in [0.2, 0.25) is 5.88 Å². The van der Waals surface area contributed by atoms with E-state index in [1.807, 2.05) is 83.8 Å². The van der Waals surface area contributed by atoms with Crippen LogP contribution in [-0.4, -0.2) is 36.2 Å². The highest BCUT2D eigenvalue weighted by Crippen LogP contribution is 2.33. The number of ether oxygens (including phenoxy) is 1. The lowest BCUT2D eigenvalue weighted by Gasteiger charge is -2.25. The number of carbonyl (C=O) groups excluding carboxylic acids is 1. The molecule has 0 aliphatic carbocycles. The number of methoxy groups -OCH3 is 1. The van der Waals surface area contributed by atoms with Crippen molar-refractivity contribution >= 4 is 11.8 Å². The van der Waals surface area contributed by atoms with Crippen LogP contribution in [0.25, 0.3) is 11.3 Å². The van der Waals surface area contributed by atoms with Crippen LogP contribution in [0, 0.1) is 0 Å². The molecule has 0 atom stereocenters. The minimum absolute atomic E-state index is 0.0848. The fourth-order valence-electron chi connectivity index (χ4n) is 4.16. The van der Waals surface area contributed by atoms with Crippen LogP contribution in [0.3, 0.4) is 0 Å². The zero-order valence-corrected chi connectivity index (χ0v) is 20.5. The number of hydrogen-bond donors (Lipinski definition) is 0. The Morgan fingerprint density at radius 1 is 0.886 bits per heavy atom. The van der Waals surface area contributed by atoms with Crippen molar-refractivity contribution in [1.82, 2.24) is 10.1 Å². The second-order valence-electron chi connectivity index (χ2n) is 8.23. The van der Waals surface area contributed by atoms with Gasteiger partial charge in [-0.25, -0.2) is 0 Å². The van der Waals surface area contributed by atoms with Crippen LogP contribution in [0.2, 0.25) is 0 Å². The molecule has 0 fully saturated rings. The van der Waals surface area contributed by atoms with Gasteiger partial charge in [-0.3, -0.25) is 4.79 Å². The van der Waals surface area contributed by atoms with E-state index in [0.29, 0.717) is 30.3 Å². The molecule has 6 heteroatoms. The molecule has 1 heterocycles. The molecular weight excluding hydrogens is 438 g/mol. The molecular formula is C29H31N3O3. The molecule has 0 saturated carbocycles. The van der Waals surface area contributed by atoms with Gasteiger partial charge >= 0.3 is 0 Å². The number of aromatic nitrogens is 1. The first-order chi connectivity index (χ1) is 17.1. The van der Waals surface area contributed by atoms with Crippen LogP contribution < -0.4 is 9.64 Å². The predicted octanol–water partition coefficient (Wildman–Crippen LogP) is 6.04. The maximum absolute atomic E-state index is 13.8. The number of benzene rings is 3. The molecule has 0 aliphatic heterocycles. The quantitative estimate of drug-likeness (QED) is 0.283. The van der Waals surface area contributed by atoms with Crippen LogP contribution in [0.4, 0.5) is 5.88 Å². The van der Waals surface area contributed by atoms with Crippen molar-refractivity contribution in [3.05, 3.63) is 102 Å². The van der Waals surface area contributed by atoms with Gasteiger partial charge in [0.1, 0.15) is 11.4 Å². The first kappa shape index (κ1) is 24.1. The van der Waals surface area contributed by atoms with Crippen molar-refractivity contribution in [2.45, 2.75) is 26.9 Å². The molecule has 0 spiro atoms. The molecule has 180 valence electrons. The molecule has 3 aromatic carbocycles. The number of nitrogens with zero attached hydrogens (tertiary/aromatic N) is 3. The molecule has 0 radical (unpaired) electrons. The third-order valence-electron chi connectivity index (χ3n) is 6.03. The second-order valence-corrected chi connectivity index (χ2v) is 8.23. The Balaban J connectivity index is 1.78. The van der Waals surface area contributed by atoms with Crippen molar-refractivity contribution in [2.24, 2.45) is 0 Å². The highest BCUT2D eigenvalue weighted by molar-refractivity contribution is 5.94. The van der Waals surface area contributed by atoms with Gasteiger partial charge < -0.3 is 19.1 Å². The fourth-order valence-corrected chi connectivity index (χ4v) is 4.16. The predicted molar refractivity (Wildman–Crippen MR) is 139 cm³/mol. The summed E-state index contributed by atoms with van der Waals surface area (Å²) in [6.07, 6.45) is 0. The van der Waals surface area contributed by atoms with Gasteiger partial charge in [0.05, 0.1) is 19.2 Å². The molecule has 35 heavy (non-hydrogen) atoms. The van der Waals surface area contributed by atoms with Crippen molar-refractivity contribution < 1.29 is 14.1 Å². The number of amides is 1. The SMILES string of the molecule is CCN(CC)c1onc(-c2ccccc2)c1CN(Cc1ccccc1)C(=O)c1cccc(OC)c1. The third kappa shape index (κ3) is 5.54. The van der Waals surface area contributed by atoms with Gasteiger partial charge in [-0.2, -0.15) is 0 Å². The second kappa shape index (κ2) is 11.4. The van der Waals surface area contributed by atoms with Crippen LogP contribution in [0.5, 0.6) is 5.75 Å². The lowest BCUT2D eigenvalue weighted by molar-refractivity contribution is 0.0730. The van der Waals surface area contributed by atoms with E-state index in [-0.39, 0.29) is 5.91 Å². The zero-order chi connectivity index (χ0) is 24.6. The summed E-state index contributed by atoms with van der Waals surface area (Å²) >= 11 is 0. The third-order valence-corrected chi connectivity index (χ3v) is 6.03. The fraction of sp³-hybridized carbons (Fsp3) is 0.241. The van der Waals surface area contributed by atoms with E-state index in [4.69, 9.17) is 9.26 Å². The summed E-state index contributed by atoms with van der Waals surface area (Å²) in [7, 11) is 1.60. The molecule has 1 amide bonds. The number of hydrogen-bond acceptors (Lipinski definition) is 5. The maximum Gasteiger partial charge on any atom is 0.254 e. The summed E-state index contributed by atoms with van der Waals surface area (Å²) in [4.78, 5) is 17.8. The van der Waals surface area contributed by atoms with Gasteiger partial charge in [0, 0.05) is 30.8 Å². The maximum atomic E-state index is 13.8. The van der Waals surface area contributed by atoms with Crippen LogP contribution >= 0.6 is 0 Å². The summed E-state index contributed by atoms with van der Waals surface area (Å²) in [6.45, 7) is 6.52. The molecule has 0 aliphatic rings. The molecule has 4 aromatic rings. The molecule has 0 saturated heterocycles. The van der Waals surface area contributed by atoms with Crippen molar-refractivity contribution in [3.63, 3.8) is 0 Å². The van der Waals surface area contributed by atoms with E-state index in [1.54, 1.807) is 13.2 Å². The number of carbonyl (C=O) groups is 1. The van der Waals surface area contributed by atoms with E-state index < -0.39 is 0 Å². The normalized spacial score (nSPS) is 10.7. The molecule has 4 rings (SSSR count). The van der Waals surface area contributed by atoms with Gasteiger partial charge in [0.25, 0.3) is 5.91 Å². The summed E-state index contributed by atoms with van der Waals surface area (Å²) in [5.41, 5.74) is 4.22. The van der Waals surface area contributed by atoms with Crippen molar-refractivity contribution in [3.8, 4) is 17.0 Å². The summed E-state index contributed by atoms with van der Waals surface area (Å²) in [5.74, 6) is 1.26. The molecule has 6 nitrogen and oxygen atoms in total. The minimum atomic E-state index is -0.0848. The van der Waals surface area contributed by atoms with Crippen LogP contribution in [0.1, 0.15) is 35.3 Å². The Labute approximate surface area is 206 Å². The van der Waals surface area contributed by atoms with Gasteiger partial charge in [-0.05, 0) is 37.6 Å². The monoisotopic (exact) mass is 469 g/mol. The average molecular weight is 470 g/mol. The van der Waals surface area contributed by atoms with Crippen molar-refractivity contribution in [1.29, 1.82) is 0 Å². The van der Waals surface area contributed by atoms with Gasteiger partial charge in [0.15, 0.2) is 0 Å². The first-order valence-electron chi connectivity index (χ1n) is 11.9. The van der Waals surface area contributed by atoms with Crippen molar-refractivity contribution in [2.75, 3.05) is 25.1 Å². The highest BCUT2D eigenvalue weighted by atomic mass is 16.5. The van der Waals surface area contributed by atoms with Crippen LogP contribution in [0.15, 0.2) is 89.5 Å². The Hall–Kier alpha value is -4.06. The van der Waals surface area contributed by atoms with E-state index in [1.165, 1.54) is 0 Å². The Morgan fingerprint density at radius 3 is 2.23 bits per heavy atom. The van der Waals surface area contributed by atoms with E-state index in [0.717, 1.165) is 35.5 Å². The molecule has 0 bridgehead atoms. The number of anilines is 1. The summed E-state index contributed by atoms with van der Waals surface area (Å²) in [5, 5.41) is 4.45.